The molecule has 0 saturated heterocycles. The summed E-state index contributed by atoms with van der Waals surface area (Å²) in [6, 6.07) is 7.04. The summed E-state index contributed by atoms with van der Waals surface area (Å²) in [4.78, 5) is 22.2. The Morgan fingerprint density at radius 1 is 1.00 bits per heavy atom. The minimum Gasteiger partial charge on any atom is -0.326 e. The Labute approximate surface area is 74.9 Å². The largest absolute Gasteiger partial charge is 0.326 e. The summed E-state index contributed by atoms with van der Waals surface area (Å²) in [5.41, 5.74) is 1.42. The second-order valence-corrected chi connectivity index (χ2v) is 2.85. The van der Waals surface area contributed by atoms with Gasteiger partial charge >= 0.3 is 0 Å². The molecule has 2 N–H and O–H groups in total. The molecule has 1 heterocycles. The quantitative estimate of drug-likeness (QED) is 0.578. The lowest BCUT2D eigenvalue weighted by molar-refractivity contribution is -0.123. The van der Waals surface area contributed by atoms with E-state index >= 15 is 0 Å². The molecule has 1 aliphatic heterocycles. The van der Waals surface area contributed by atoms with Crippen LogP contribution in [0.4, 0.5) is 11.4 Å². The molecular formula is C9H8N2O2. The number of anilines is 2. The van der Waals surface area contributed by atoms with Gasteiger partial charge in [0, 0.05) is 11.4 Å². The van der Waals surface area contributed by atoms with E-state index in [1.54, 1.807) is 24.3 Å². The highest BCUT2D eigenvalue weighted by Gasteiger charge is 2.13. The van der Waals surface area contributed by atoms with E-state index in [0.29, 0.717) is 11.4 Å². The van der Waals surface area contributed by atoms with E-state index in [9.17, 15) is 9.59 Å². The molecule has 1 aliphatic rings. The van der Waals surface area contributed by atoms with E-state index in [1.165, 1.54) is 0 Å². The fourth-order valence-corrected chi connectivity index (χ4v) is 1.23. The summed E-state index contributed by atoms with van der Waals surface area (Å²) in [6.45, 7) is 0. The molecule has 0 atom stereocenters. The zero-order valence-electron chi connectivity index (χ0n) is 6.83. The fraction of sp³-hybridized carbons (Fsp3) is 0.111. The molecule has 0 radical (unpaired) electrons. The molecule has 4 heteroatoms. The molecule has 0 aromatic heterocycles. The van der Waals surface area contributed by atoms with Crippen LogP contribution in [0.15, 0.2) is 24.3 Å². The summed E-state index contributed by atoms with van der Waals surface area (Å²) in [5.74, 6) is -0.566. The number of amides is 2. The molecule has 4 nitrogen and oxygen atoms in total. The highest BCUT2D eigenvalue weighted by atomic mass is 16.2. The van der Waals surface area contributed by atoms with Crippen molar-refractivity contribution in [1.29, 1.82) is 0 Å². The number of fused-ring (bicyclic) bond motifs is 2. The monoisotopic (exact) mass is 176 g/mol. The van der Waals surface area contributed by atoms with E-state index in [1.807, 2.05) is 0 Å². The topological polar surface area (TPSA) is 58.2 Å². The van der Waals surface area contributed by atoms with Crippen molar-refractivity contribution in [3.8, 4) is 0 Å². The Morgan fingerprint density at radius 3 is 2.08 bits per heavy atom. The predicted octanol–water partition coefficient (Wildman–Crippen LogP) is 0.967. The smallest absolute Gasteiger partial charge is 0.233 e. The van der Waals surface area contributed by atoms with Crippen LogP contribution in [-0.4, -0.2) is 11.8 Å². The SMILES string of the molecule is O=C1CC(=O)Nc2cccc(c2)N1. The van der Waals surface area contributed by atoms with Crippen molar-refractivity contribution in [3.63, 3.8) is 0 Å². The van der Waals surface area contributed by atoms with Crippen molar-refractivity contribution in [2.45, 2.75) is 6.42 Å². The first-order valence-electron chi connectivity index (χ1n) is 3.94. The van der Waals surface area contributed by atoms with Crippen molar-refractivity contribution in [2.75, 3.05) is 10.6 Å². The lowest BCUT2D eigenvalue weighted by Gasteiger charge is -2.12. The second-order valence-electron chi connectivity index (χ2n) is 2.85. The molecule has 2 amide bonds. The van der Waals surface area contributed by atoms with Gasteiger partial charge in [-0.1, -0.05) is 6.07 Å². The van der Waals surface area contributed by atoms with E-state index in [2.05, 4.69) is 10.6 Å². The second kappa shape index (κ2) is 2.90. The molecule has 2 rings (SSSR count). The molecule has 1 aromatic carbocycles. The number of carbonyl (C=O) groups is 2. The van der Waals surface area contributed by atoms with Crippen LogP contribution in [0.5, 0.6) is 0 Å². The third kappa shape index (κ3) is 1.66. The van der Waals surface area contributed by atoms with E-state index in [4.69, 9.17) is 0 Å². The van der Waals surface area contributed by atoms with Crippen LogP contribution < -0.4 is 10.6 Å². The van der Waals surface area contributed by atoms with Crippen LogP contribution >= 0.6 is 0 Å². The molecule has 0 fully saturated rings. The van der Waals surface area contributed by atoms with E-state index in [0.717, 1.165) is 0 Å². The van der Waals surface area contributed by atoms with Crippen LogP contribution in [0.1, 0.15) is 6.42 Å². The van der Waals surface area contributed by atoms with Gasteiger partial charge in [0.05, 0.1) is 0 Å². The van der Waals surface area contributed by atoms with Gasteiger partial charge in [-0.25, -0.2) is 0 Å². The average molecular weight is 176 g/mol. The number of hydrogen-bond donors (Lipinski definition) is 2. The van der Waals surface area contributed by atoms with Crippen molar-refractivity contribution in [2.24, 2.45) is 0 Å². The maximum Gasteiger partial charge on any atom is 0.233 e. The highest BCUT2D eigenvalue weighted by Crippen LogP contribution is 2.17. The van der Waals surface area contributed by atoms with Crippen LogP contribution in [-0.2, 0) is 9.59 Å². The summed E-state index contributed by atoms with van der Waals surface area (Å²) in [5, 5.41) is 5.23. The number of hydrogen-bond acceptors (Lipinski definition) is 2. The van der Waals surface area contributed by atoms with Crippen molar-refractivity contribution in [3.05, 3.63) is 24.3 Å². The normalized spacial score (nSPS) is 15.4. The molecule has 13 heavy (non-hydrogen) atoms. The van der Waals surface area contributed by atoms with Gasteiger partial charge in [0.15, 0.2) is 0 Å². The summed E-state index contributed by atoms with van der Waals surface area (Å²) in [6.07, 6.45) is -0.123. The first kappa shape index (κ1) is 7.79. The number of nitrogens with one attached hydrogen (secondary N) is 2. The van der Waals surface area contributed by atoms with Gasteiger partial charge in [0.1, 0.15) is 6.42 Å². The van der Waals surface area contributed by atoms with Crippen molar-refractivity contribution < 1.29 is 9.59 Å². The third-order valence-electron chi connectivity index (χ3n) is 1.75. The first-order valence-corrected chi connectivity index (χ1v) is 3.94. The van der Waals surface area contributed by atoms with E-state index < -0.39 is 0 Å². The molecule has 0 saturated carbocycles. The maximum absolute atomic E-state index is 11.1. The van der Waals surface area contributed by atoms with Gasteiger partial charge in [-0.2, -0.15) is 0 Å². The lowest BCUT2D eigenvalue weighted by atomic mass is 10.2. The number of rotatable bonds is 0. The van der Waals surface area contributed by atoms with Crippen LogP contribution in [0.3, 0.4) is 0 Å². The van der Waals surface area contributed by atoms with Gasteiger partial charge in [0.2, 0.25) is 11.8 Å². The Bertz CT molecular complexity index is 342. The van der Waals surface area contributed by atoms with E-state index in [-0.39, 0.29) is 18.2 Å². The molecular weight excluding hydrogens is 168 g/mol. The predicted molar refractivity (Wildman–Crippen MR) is 48.3 cm³/mol. The lowest BCUT2D eigenvalue weighted by Crippen LogP contribution is -2.23. The minimum absolute atomic E-state index is 0.123. The standard InChI is InChI=1S/C9H8N2O2/c12-8-5-9(13)11-7-3-1-2-6(4-7)10-8/h1-4H,5H2,(H,10,12)(H,11,13). The van der Waals surface area contributed by atoms with Gasteiger partial charge in [-0.15, -0.1) is 0 Å². The number of carbonyl (C=O) groups excluding carboxylic acids is 2. The Balaban J connectivity index is 2.40. The molecule has 1 aromatic rings. The zero-order valence-corrected chi connectivity index (χ0v) is 6.83. The number of benzene rings is 1. The van der Waals surface area contributed by atoms with Crippen LogP contribution in [0.25, 0.3) is 0 Å². The van der Waals surface area contributed by atoms with Crippen LogP contribution in [0.2, 0.25) is 0 Å². The average Bonchev–Trinajstić information content (AvgIpc) is 2.01. The van der Waals surface area contributed by atoms with Crippen molar-refractivity contribution in [1.82, 2.24) is 0 Å². The van der Waals surface area contributed by atoms with Crippen molar-refractivity contribution >= 4 is 23.2 Å². The summed E-state index contributed by atoms with van der Waals surface area (Å²) >= 11 is 0. The van der Waals surface area contributed by atoms with Gasteiger partial charge < -0.3 is 10.6 Å². The third-order valence-corrected chi connectivity index (χ3v) is 1.75. The molecule has 2 bridgehead atoms. The molecule has 0 spiro atoms. The fourth-order valence-electron chi connectivity index (χ4n) is 1.23. The summed E-state index contributed by atoms with van der Waals surface area (Å²) < 4.78 is 0. The molecule has 0 unspecified atom stereocenters. The Morgan fingerprint density at radius 2 is 1.54 bits per heavy atom. The van der Waals surface area contributed by atoms with Gasteiger partial charge in [0.25, 0.3) is 0 Å². The highest BCUT2D eigenvalue weighted by molar-refractivity contribution is 6.09. The Hall–Kier alpha value is -1.84. The zero-order chi connectivity index (χ0) is 9.26. The van der Waals surface area contributed by atoms with Gasteiger partial charge in [-0.05, 0) is 18.2 Å². The Kier molecular flexibility index (Phi) is 1.73. The van der Waals surface area contributed by atoms with Crippen LogP contribution in [0, 0.1) is 0 Å². The molecule has 66 valence electrons. The molecule has 0 aliphatic carbocycles. The minimum atomic E-state index is -0.283. The first-order chi connectivity index (χ1) is 6.24. The maximum atomic E-state index is 11.1. The van der Waals surface area contributed by atoms with Gasteiger partial charge in [-0.3, -0.25) is 9.59 Å². The summed E-state index contributed by atoms with van der Waals surface area (Å²) in [7, 11) is 0.